The summed E-state index contributed by atoms with van der Waals surface area (Å²) in [4.78, 5) is 23.5. The van der Waals surface area contributed by atoms with E-state index < -0.39 is 24.3 Å². The van der Waals surface area contributed by atoms with Crippen LogP contribution in [-0.2, 0) is 16.1 Å². The quantitative estimate of drug-likeness (QED) is 0.776. The van der Waals surface area contributed by atoms with Gasteiger partial charge in [-0.25, -0.2) is 9.18 Å². The summed E-state index contributed by atoms with van der Waals surface area (Å²) in [7, 11) is 0. The summed E-state index contributed by atoms with van der Waals surface area (Å²) >= 11 is 17.4. The maximum atomic E-state index is 12.9. The van der Waals surface area contributed by atoms with E-state index in [1.807, 2.05) is 0 Å². The lowest BCUT2D eigenvalue weighted by molar-refractivity contribution is -0.124. The van der Waals surface area contributed by atoms with Gasteiger partial charge in [-0.2, -0.15) is 0 Å². The lowest BCUT2D eigenvalue weighted by Crippen LogP contribution is -2.28. The normalized spacial score (nSPS) is 10.3. The summed E-state index contributed by atoms with van der Waals surface area (Å²) in [5.41, 5.74) is 0.723. The number of carbonyl (C=O) groups excluding carboxylic acids is 2. The fourth-order valence-corrected chi connectivity index (χ4v) is 2.28. The van der Waals surface area contributed by atoms with Gasteiger partial charge in [0.2, 0.25) is 0 Å². The molecule has 0 saturated heterocycles. The van der Waals surface area contributed by atoms with Crippen molar-refractivity contribution in [3.8, 4) is 0 Å². The van der Waals surface area contributed by atoms with Crippen molar-refractivity contribution in [2.45, 2.75) is 6.54 Å². The number of ether oxygens (including phenoxy) is 1. The molecule has 126 valence electrons. The lowest BCUT2D eigenvalue weighted by atomic mass is 10.2. The minimum Gasteiger partial charge on any atom is -0.452 e. The second-order valence-corrected chi connectivity index (χ2v) is 5.94. The van der Waals surface area contributed by atoms with Gasteiger partial charge >= 0.3 is 5.97 Å². The Morgan fingerprint density at radius 1 is 1.00 bits per heavy atom. The first-order chi connectivity index (χ1) is 11.4. The zero-order chi connectivity index (χ0) is 17.7. The van der Waals surface area contributed by atoms with E-state index in [4.69, 9.17) is 39.5 Å². The van der Waals surface area contributed by atoms with Crippen molar-refractivity contribution >= 4 is 46.7 Å². The van der Waals surface area contributed by atoms with Crippen LogP contribution in [-0.4, -0.2) is 18.5 Å². The van der Waals surface area contributed by atoms with E-state index in [2.05, 4.69) is 5.32 Å². The molecule has 0 aromatic heterocycles. The van der Waals surface area contributed by atoms with Gasteiger partial charge in [0.05, 0.1) is 15.6 Å². The number of amides is 1. The zero-order valence-electron chi connectivity index (χ0n) is 12.1. The number of benzene rings is 2. The second-order valence-electron chi connectivity index (χ2n) is 4.72. The van der Waals surface area contributed by atoms with Gasteiger partial charge < -0.3 is 10.1 Å². The number of halogens is 4. The number of hydrogen-bond acceptors (Lipinski definition) is 3. The molecule has 0 aliphatic rings. The molecule has 0 radical (unpaired) electrons. The molecule has 2 rings (SSSR count). The van der Waals surface area contributed by atoms with Crippen molar-refractivity contribution in [3.63, 3.8) is 0 Å². The Balaban J connectivity index is 1.84. The maximum absolute atomic E-state index is 12.9. The van der Waals surface area contributed by atoms with Gasteiger partial charge in [-0.05, 0) is 35.9 Å². The first-order valence-electron chi connectivity index (χ1n) is 6.69. The molecule has 0 aliphatic carbocycles. The molecule has 2 aromatic carbocycles. The molecule has 0 saturated carbocycles. The van der Waals surface area contributed by atoms with E-state index in [9.17, 15) is 14.0 Å². The van der Waals surface area contributed by atoms with Crippen LogP contribution < -0.4 is 5.32 Å². The number of rotatable bonds is 5. The number of nitrogens with one attached hydrogen (secondary N) is 1. The minimum absolute atomic E-state index is 0.0856. The largest absolute Gasteiger partial charge is 0.452 e. The fourth-order valence-electron chi connectivity index (χ4n) is 1.75. The van der Waals surface area contributed by atoms with E-state index in [0.717, 1.165) is 6.07 Å². The van der Waals surface area contributed by atoms with Gasteiger partial charge in [0.1, 0.15) is 5.82 Å². The highest BCUT2D eigenvalue weighted by Gasteiger charge is 2.12. The van der Waals surface area contributed by atoms with Crippen LogP contribution >= 0.6 is 34.8 Å². The molecule has 0 aliphatic heterocycles. The van der Waals surface area contributed by atoms with Crippen molar-refractivity contribution < 1.29 is 18.7 Å². The third-order valence-corrected chi connectivity index (χ3v) is 4.07. The topological polar surface area (TPSA) is 55.4 Å². The Bertz CT molecular complexity index is 783. The molecule has 0 atom stereocenters. The highest BCUT2D eigenvalue weighted by Crippen LogP contribution is 2.23. The Kier molecular flexibility index (Phi) is 6.43. The summed E-state index contributed by atoms with van der Waals surface area (Å²) in [5, 5.41) is 3.23. The van der Waals surface area contributed by atoms with Crippen LogP contribution in [0.3, 0.4) is 0 Å². The highest BCUT2D eigenvalue weighted by atomic mass is 35.5. The van der Waals surface area contributed by atoms with E-state index in [0.29, 0.717) is 10.6 Å². The van der Waals surface area contributed by atoms with Crippen LogP contribution in [0, 0.1) is 5.82 Å². The van der Waals surface area contributed by atoms with Crippen molar-refractivity contribution in [3.05, 3.63) is 68.4 Å². The first-order valence-corrected chi connectivity index (χ1v) is 7.83. The van der Waals surface area contributed by atoms with Crippen LogP contribution in [0.15, 0.2) is 36.4 Å². The molecule has 1 amide bonds. The van der Waals surface area contributed by atoms with Gasteiger partial charge in [-0.3, -0.25) is 4.79 Å². The summed E-state index contributed by atoms with van der Waals surface area (Å²) < 4.78 is 17.8. The number of esters is 1. The van der Waals surface area contributed by atoms with Crippen LogP contribution in [0.4, 0.5) is 4.39 Å². The van der Waals surface area contributed by atoms with Crippen LogP contribution in [0.25, 0.3) is 0 Å². The van der Waals surface area contributed by atoms with Gasteiger partial charge in [0.25, 0.3) is 5.91 Å². The maximum Gasteiger partial charge on any atom is 0.338 e. The van der Waals surface area contributed by atoms with Gasteiger partial charge in [-0.15, -0.1) is 0 Å². The van der Waals surface area contributed by atoms with Crippen LogP contribution in [0.2, 0.25) is 15.1 Å². The molecule has 0 heterocycles. The third kappa shape index (κ3) is 5.09. The number of carbonyl (C=O) groups is 2. The molecule has 24 heavy (non-hydrogen) atoms. The summed E-state index contributed by atoms with van der Waals surface area (Å²) in [6, 6.07) is 8.08. The van der Waals surface area contributed by atoms with Crippen molar-refractivity contribution in [2.75, 3.05) is 6.61 Å². The Labute approximate surface area is 152 Å². The van der Waals surface area contributed by atoms with Crippen molar-refractivity contribution in [1.82, 2.24) is 5.32 Å². The summed E-state index contributed by atoms with van der Waals surface area (Å²) in [6.45, 7) is -0.389. The SMILES string of the molecule is O=C(COC(=O)c1ccc(Cl)c(Cl)c1)NCc1ccc(F)cc1Cl. The predicted molar refractivity (Wildman–Crippen MR) is 90.0 cm³/mol. The van der Waals surface area contributed by atoms with E-state index >= 15 is 0 Å². The second kappa shape index (κ2) is 8.33. The molecule has 2 aromatic rings. The van der Waals surface area contributed by atoms with Gasteiger partial charge in [-0.1, -0.05) is 40.9 Å². The van der Waals surface area contributed by atoms with Crippen LogP contribution in [0.5, 0.6) is 0 Å². The molecule has 0 unspecified atom stereocenters. The van der Waals surface area contributed by atoms with E-state index in [1.54, 1.807) is 0 Å². The molecule has 8 heteroatoms. The smallest absolute Gasteiger partial charge is 0.338 e. The molecular weight excluding hydrogens is 380 g/mol. The average molecular weight is 391 g/mol. The van der Waals surface area contributed by atoms with E-state index in [1.165, 1.54) is 30.3 Å². The third-order valence-electron chi connectivity index (χ3n) is 2.98. The molecule has 1 N–H and O–H groups in total. The minimum atomic E-state index is -0.705. The highest BCUT2D eigenvalue weighted by molar-refractivity contribution is 6.42. The molecular formula is C16H11Cl3FNO3. The monoisotopic (exact) mass is 389 g/mol. The predicted octanol–water partition coefficient (Wildman–Crippen LogP) is 4.26. The molecule has 0 fully saturated rings. The average Bonchev–Trinajstić information content (AvgIpc) is 2.54. The molecule has 0 bridgehead atoms. The Morgan fingerprint density at radius 2 is 1.75 bits per heavy atom. The van der Waals surface area contributed by atoms with Crippen molar-refractivity contribution in [2.24, 2.45) is 0 Å². The molecule has 4 nitrogen and oxygen atoms in total. The van der Waals surface area contributed by atoms with E-state index in [-0.39, 0.29) is 22.2 Å². The Morgan fingerprint density at radius 3 is 2.42 bits per heavy atom. The lowest BCUT2D eigenvalue weighted by Gasteiger charge is -2.08. The summed E-state index contributed by atoms with van der Waals surface area (Å²) in [5.74, 6) is -1.70. The fraction of sp³-hybridized carbons (Fsp3) is 0.125. The Hall–Kier alpha value is -1.82. The standard InChI is InChI=1S/C16H11Cl3FNO3/c17-12-4-2-9(5-14(12)19)16(23)24-8-15(22)21-7-10-1-3-11(20)6-13(10)18/h1-6H,7-8H2,(H,21,22). The first kappa shape index (κ1) is 18.5. The van der Waals surface area contributed by atoms with Crippen LogP contribution in [0.1, 0.15) is 15.9 Å². The zero-order valence-corrected chi connectivity index (χ0v) is 14.4. The van der Waals surface area contributed by atoms with Crippen molar-refractivity contribution in [1.29, 1.82) is 0 Å². The molecule has 0 spiro atoms. The summed E-state index contributed by atoms with van der Waals surface area (Å²) in [6.07, 6.45) is 0. The number of hydrogen-bond donors (Lipinski definition) is 1. The van der Waals surface area contributed by atoms with Gasteiger partial charge in [0, 0.05) is 11.6 Å². The van der Waals surface area contributed by atoms with Gasteiger partial charge in [0.15, 0.2) is 6.61 Å².